The average molecular weight is 207 g/mol. The van der Waals surface area contributed by atoms with Crippen molar-refractivity contribution in [3.05, 3.63) is 40.4 Å². The molecule has 0 saturated carbocycles. The first-order valence-electron chi connectivity index (χ1n) is 3.80. The minimum atomic E-state index is -0.734. The van der Waals surface area contributed by atoms with Crippen LogP contribution in [0.1, 0.15) is 5.56 Å². The Morgan fingerprint density at radius 3 is 2.43 bits per heavy atom. The molecule has 2 N–H and O–H groups in total. The van der Waals surface area contributed by atoms with E-state index in [9.17, 15) is 4.79 Å². The quantitative estimate of drug-likeness (QED) is 0.592. The third-order valence-electron chi connectivity index (χ3n) is 1.57. The highest BCUT2D eigenvalue weighted by atomic mass is 35.5. The Morgan fingerprint density at radius 2 is 2.00 bits per heavy atom. The Morgan fingerprint density at radius 1 is 1.43 bits per heavy atom. The van der Waals surface area contributed by atoms with E-state index < -0.39 is 5.91 Å². The summed E-state index contributed by atoms with van der Waals surface area (Å²) in [6.45, 7) is 0. The molecular weight excluding hydrogens is 200 g/mol. The SMILES string of the molecule is N#C/C(=C/c1ccc(Cl)cc1)C(N)=O. The molecule has 0 radical (unpaired) electrons. The van der Waals surface area contributed by atoms with Crippen molar-refractivity contribution in [2.75, 3.05) is 0 Å². The maximum absolute atomic E-state index is 10.7. The summed E-state index contributed by atoms with van der Waals surface area (Å²) >= 11 is 5.67. The average Bonchev–Trinajstić information content (AvgIpc) is 2.16. The molecule has 1 aromatic rings. The number of benzene rings is 1. The van der Waals surface area contributed by atoms with Crippen LogP contribution in [-0.2, 0) is 4.79 Å². The monoisotopic (exact) mass is 206 g/mol. The lowest BCUT2D eigenvalue weighted by Crippen LogP contribution is -2.12. The molecule has 4 heteroatoms. The Balaban J connectivity index is 3.03. The highest BCUT2D eigenvalue weighted by Crippen LogP contribution is 2.12. The number of carbonyl (C=O) groups is 1. The van der Waals surface area contributed by atoms with E-state index in [1.165, 1.54) is 6.08 Å². The summed E-state index contributed by atoms with van der Waals surface area (Å²) in [4.78, 5) is 10.7. The Kier molecular flexibility index (Phi) is 3.27. The topological polar surface area (TPSA) is 66.9 Å². The molecule has 1 aromatic carbocycles. The second-order valence-corrected chi connectivity index (χ2v) is 3.02. The molecule has 14 heavy (non-hydrogen) atoms. The molecule has 1 rings (SSSR count). The van der Waals surface area contributed by atoms with Crippen LogP contribution in [0.5, 0.6) is 0 Å². The van der Waals surface area contributed by atoms with E-state index in [1.807, 2.05) is 0 Å². The molecule has 0 heterocycles. The van der Waals surface area contributed by atoms with Gasteiger partial charge >= 0.3 is 0 Å². The van der Waals surface area contributed by atoms with Crippen LogP contribution in [0.25, 0.3) is 6.08 Å². The number of amides is 1. The van der Waals surface area contributed by atoms with Gasteiger partial charge in [-0.3, -0.25) is 4.79 Å². The second-order valence-electron chi connectivity index (χ2n) is 2.59. The zero-order valence-electron chi connectivity index (χ0n) is 7.20. The lowest BCUT2D eigenvalue weighted by Gasteiger charge is -1.94. The number of hydrogen-bond acceptors (Lipinski definition) is 2. The fraction of sp³-hybridized carbons (Fsp3) is 0. The van der Waals surface area contributed by atoms with Crippen molar-refractivity contribution in [2.24, 2.45) is 5.73 Å². The van der Waals surface area contributed by atoms with Crippen molar-refractivity contribution in [1.82, 2.24) is 0 Å². The van der Waals surface area contributed by atoms with Gasteiger partial charge in [-0.15, -0.1) is 0 Å². The van der Waals surface area contributed by atoms with Crippen LogP contribution in [0.2, 0.25) is 5.02 Å². The zero-order valence-corrected chi connectivity index (χ0v) is 7.95. The van der Waals surface area contributed by atoms with Gasteiger partial charge in [0.2, 0.25) is 0 Å². The number of carbonyl (C=O) groups excluding carboxylic acids is 1. The van der Waals surface area contributed by atoms with Gasteiger partial charge in [0.25, 0.3) is 5.91 Å². The number of rotatable bonds is 2. The minimum absolute atomic E-state index is 0.0766. The summed E-state index contributed by atoms with van der Waals surface area (Å²) in [5.74, 6) is -0.734. The normalized spacial score (nSPS) is 10.7. The predicted octanol–water partition coefficient (Wildman–Crippen LogP) is 1.73. The lowest BCUT2D eigenvalue weighted by molar-refractivity contribution is -0.114. The molecule has 70 valence electrons. The summed E-state index contributed by atoms with van der Waals surface area (Å²) in [5.41, 5.74) is 5.61. The van der Waals surface area contributed by atoms with Gasteiger partial charge in [-0.25, -0.2) is 0 Å². The van der Waals surface area contributed by atoms with Gasteiger partial charge in [0.1, 0.15) is 11.6 Å². The molecule has 0 aliphatic rings. The fourth-order valence-electron chi connectivity index (χ4n) is 0.884. The summed E-state index contributed by atoms with van der Waals surface area (Å²) in [6, 6.07) is 8.45. The van der Waals surface area contributed by atoms with Gasteiger partial charge in [0.15, 0.2) is 0 Å². The van der Waals surface area contributed by atoms with E-state index in [0.29, 0.717) is 10.6 Å². The fourth-order valence-corrected chi connectivity index (χ4v) is 1.01. The highest BCUT2D eigenvalue weighted by Gasteiger charge is 2.02. The molecule has 0 fully saturated rings. The first-order chi connectivity index (χ1) is 6.63. The standard InChI is InChI=1S/C10H7ClN2O/c11-9-3-1-7(2-4-9)5-8(6-12)10(13)14/h1-5H,(H2,13,14)/b8-5-. The Labute approximate surface area is 86.4 Å². The van der Waals surface area contributed by atoms with Gasteiger partial charge in [-0.2, -0.15) is 5.26 Å². The van der Waals surface area contributed by atoms with Crippen molar-refractivity contribution in [2.45, 2.75) is 0 Å². The lowest BCUT2D eigenvalue weighted by atomic mass is 10.1. The van der Waals surface area contributed by atoms with Gasteiger partial charge < -0.3 is 5.73 Å². The number of nitrogens with zero attached hydrogens (tertiary/aromatic N) is 1. The Bertz CT molecular complexity index is 415. The molecule has 0 unspecified atom stereocenters. The molecule has 0 aliphatic carbocycles. The third kappa shape index (κ3) is 2.61. The third-order valence-corrected chi connectivity index (χ3v) is 1.82. The van der Waals surface area contributed by atoms with Crippen LogP contribution in [0, 0.1) is 11.3 Å². The smallest absolute Gasteiger partial charge is 0.259 e. The van der Waals surface area contributed by atoms with E-state index in [4.69, 9.17) is 22.6 Å². The number of primary amides is 1. The molecule has 0 saturated heterocycles. The maximum Gasteiger partial charge on any atom is 0.259 e. The zero-order chi connectivity index (χ0) is 10.6. The molecule has 0 spiro atoms. The summed E-state index contributed by atoms with van der Waals surface area (Å²) in [6.07, 6.45) is 1.42. The van der Waals surface area contributed by atoms with E-state index >= 15 is 0 Å². The van der Waals surface area contributed by atoms with Gasteiger partial charge in [0.05, 0.1) is 0 Å². The van der Waals surface area contributed by atoms with Crippen LogP contribution < -0.4 is 5.73 Å². The molecule has 0 atom stereocenters. The van der Waals surface area contributed by atoms with Crippen molar-refractivity contribution in [1.29, 1.82) is 5.26 Å². The van der Waals surface area contributed by atoms with Crippen LogP contribution in [-0.4, -0.2) is 5.91 Å². The number of hydrogen-bond donors (Lipinski definition) is 1. The van der Waals surface area contributed by atoms with Crippen molar-refractivity contribution < 1.29 is 4.79 Å². The Hall–Kier alpha value is -1.79. The van der Waals surface area contributed by atoms with Crippen LogP contribution >= 0.6 is 11.6 Å². The maximum atomic E-state index is 10.7. The van der Waals surface area contributed by atoms with Crippen molar-refractivity contribution >= 4 is 23.6 Å². The molecule has 0 aliphatic heterocycles. The number of nitrogens with two attached hydrogens (primary N) is 1. The molecular formula is C10H7ClN2O. The summed E-state index contributed by atoms with van der Waals surface area (Å²) < 4.78 is 0. The van der Waals surface area contributed by atoms with Gasteiger partial charge in [-0.1, -0.05) is 23.7 Å². The van der Waals surface area contributed by atoms with E-state index in [1.54, 1.807) is 30.3 Å². The van der Waals surface area contributed by atoms with E-state index in [-0.39, 0.29) is 5.57 Å². The van der Waals surface area contributed by atoms with Crippen LogP contribution in [0.4, 0.5) is 0 Å². The van der Waals surface area contributed by atoms with E-state index in [0.717, 1.165) is 0 Å². The van der Waals surface area contributed by atoms with Crippen molar-refractivity contribution in [3.63, 3.8) is 0 Å². The number of halogens is 1. The molecule has 1 amide bonds. The van der Waals surface area contributed by atoms with Gasteiger partial charge in [0, 0.05) is 5.02 Å². The largest absolute Gasteiger partial charge is 0.365 e. The molecule has 0 aromatic heterocycles. The van der Waals surface area contributed by atoms with E-state index in [2.05, 4.69) is 0 Å². The summed E-state index contributed by atoms with van der Waals surface area (Å²) in [5, 5.41) is 9.16. The molecule has 3 nitrogen and oxygen atoms in total. The van der Waals surface area contributed by atoms with Crippen molar-refractivity contribution in [3.8, 4) is 6.07 Å². The first kappa shape index (κ1) is 10.3. The van der Waals surface area contributed by atoms with Crippen LogP contribution in [0.3, 0.4) is 0 Å². The predicted molar refractivity (Wildman–Crippen MR) is 54.2 cm³/mol. The van der Waals surface area contributed by atoms with Crippen LogP contribution in [0.15, 0.2) is 29.8 Å². The highest BCUT2D eigenvalue weighted by molar-refractivity contribution is 6.30. The summed E-state index contributed by atoms with van der Waals surface area (Å²) in [7, 11) is 0. The minimum Gasteiger partial charge on any atom is -0.365 e. The first-order valence-corrected chi connectivity index (χ1v) is 4.18. The van der Waals surface area contributed by atoms with Gasteiger partial charge in [-0.05, 0) is 23.8 Å². The molecule has 0 bridgehead atoms. The number of nitriles is 1. The second kappa shape index (κ2) is 4.45.